The number of rotatable bonds is 7. The fourth-order valence-corrected chi connectivity index (χ4v) is 4.16. The molecule has 0 heterocycles. The lowest BCUT2D eigenvalue weighted by Gasteiger charge is -2.28. The molecule has 1 rings (SSSR count). The molecule has 0 spiro atoms. The average Bonchev–Trinajstić information content (AvgIpc) is 2.72. The van der Waals surface area contributed by atoms with E-state index in [2.05, 4.69) is 15.9 Å². The highest BCUT2D eigenvalue weighted by molar-refractivity contribution is 9.09. The van der Waals surface area contributed by atoms with Crippen LogP contribution in [0.5, 0.6) is 0 Å². The van der Waals surface area contributed by atoms with E-state index in [9.17, 15) is 19.2 Å². The van der Waals surface area contributed by atoms with Gasteiger partial charge >= 0.3 is 23.9 Å². The SMILES string of the molecule is CCCC[C@@H]1C/C(C(=O)OC)=C(/C(=O)OC)[C@H](Br)C/C(C(=O)OC)=C\1C(=O)OC. The second kappa shape index (κ2) is 11.7. The van der Waals surface area contributed by atoms with Crippen molar-refractivity contribution >= 4 is 39.8 Å². The molecule has 0 saturated heterocycles. The van der Waals surface area contributed by atoms with Gasteiger partial charge in [-0.3, -0.25) is 0 Å². The van der Waals surface area contributed by atoms with Crippen molar-refractivity contribution in [1.82, 2.24) is 0 Å². The lowest BCUT2D eigenvalue weighted by atomic mass is 9.79. The van der Waals surface area contributed by atoms with Gasteiger partial charge in [-0.2, -0.15) is 0 Å². The second-order valence-electron chi connectivity index (χ2n) is 6.47. The third-order valence-electron chi connectivity index (χ3n) is 4.79. The van der Waals surface area contributed by atoms with E-state index in [-0.39, 0.29) is 35.1 Å². The zero-order valence-corrected chi connectivity index (χ0v) is 18.9. The Morgan fingerprint density at radius 2 is 1.24 bits per heavy atom. The van der Waals surface area contributed by atoms with Crippen molar-refractivity contribution in [3.8, 4) is 0 Å². The molecule has 162 valence electrons. The van der Waals surface area contributed by atoms with Crippen LogP contribution in [0.1, 0.15) is 39.0 Å². The molecule has 0 unspecified atom stereocenters. The highest BCUT2D eigenvalue weighted by Crippen LogP contribution is 2.38. The number of unbranched alkanes of at least 4 members (excludes halogenated alkanes) is 1. The summed E-state index contributed by atoms with van der Waals surface area (Å²) in [6, 6.07) is 0. The third kappa shape index (κ3) is 5.91. The summed E-state index contributed by atoms with van der Waals surface area (Å²) < 4.78 is 19.5. The molecule has 1 aliphatic rings. The second-order valence-corrected chi connectivity index (χ2v) is 7.57. The molecule has 0 aromatic carbocycles. The Labute approximate surface area is 178 Å². The smallest absolute Gasteiger partial charge is 0.335 e. The van der Waals surface area contributed by atoms with E-state index in [1.165, 1.54) is 28.4 Å². The summed E-state index contributed by atoms with van der Waals surface area (Å²) in [6.07, 6.45) is 2.03. The molecule has 0 bridgehead atoms. The third-order valence-corrected chi connectivity index (χ3v) is 5.57. The van der Waals surface area contributed by atoms with Crippen molar-refractivity contribution in [1.29, 1.82) is 0 Å². The Kier molecular flexibility index (Phi) is 10.1. The molecule has 0 radical (unpaired) electrons. The van der Waals surface area contributed by atoms with Crippen LogP contribution in [0.2, 0.25) is 0 Å². The predicted octanol–water partition coefficient (Wildman–Crippen LogP) is 2.64. The van der Waals surface area contributed by atoms with Gasteiger partial charge in [0.2, 0.25) is 0 Å². The molecule has 0 aromatic rings. The van der Waals surface area contributed by atoms with Gasteiger partial charge in [0.25, 0.3) is 0 Å². The topological polar surface area (TPSA) is 105 Å². The first-order valence-corrected chi connectivity index (χ1v) is 10.1. The summed E-state index contributed by atoms with van der Waals surface area (Å²) in [4.78, 5) is 49.4. The number of esters is 4. The standard InChI is InChI=1S/C20H27BrO8/c1-6-7-8-11-9-12(17(22)26-2)16(20(25)29-5)14(21)10-13(18(23)27-3)15(11)19(24)28-4/h11,14H,6-10H2,1-5H3/b15-13-,16-12-/t11-,14-/m1/s1. The van der Waals surface area contributed by atoms with Crippen molar-refractivity contribution in [2.24, 2.45) is 5.92 Å². The normalized spacial score (nSPS) is 24.8. The van der Waals surface area contributed by atoms with Gasteiger partial charge in [0.15, 0.2) is 0 Å². The molecule has 0 N–H and O–H groups in total. The van der Waals surface area contributed by atoms with Crippen LogP contribution in [-0.4, -0.2) is 57.1 Å². The van der Waals surface area contributed by atoms with Crippen molar-refractivity contribution in [3.05, 3.63) is 22.3 Å². The van der Waals surface area contributed by atoms with E-state index in [0.717, 1.165) is 12.8 Å². The van der Waals surface area contributed by atoms with Gasteiger partial charge in [-0.25, -0.2) is 19.2 Å². The van der Waals surface area contributed by atoms with E-state index >= 15 is 0 Å². The molecule has 0 saturated carbocycles. The Bertz CT molecular complexity index is 722. The van der Waals surface area contributed by atoms with Crippen LogP contribution in [0.4, 0.5) is 0 Å². The summed E-state index contributed by atoms with van der Waals surface area (Å²) in [5, 5.41) is 0. The molecule has 0 aromatic heterocycles. The molecule has 0 amide bonds. The summed E-state index contributed by atoms with van der Waals surface area (Å²) in [5.74, 6) is -3.31. The number of ether oxygens (including phenoxy) is 4. The van der Waals surface area contributed by atoms with Crippen molar-refractivity contribution in [3.63, 3.8) is 0 Å². The molecule has 9 heteroatoms. The Morgan fingerprint density at radius 3 is 1.69 bits per heavy atom. The van der Waals surface area contributed by atoms with Gasteiger partial charge in [0.05, 0.1) is 44.4 Å². The first kappa shape index (κ1) is 24.9. The fraction of sp³-hybridized carbons (Fsp3) is 0.600. The number of methoxy groups -OCH3 is 4. The highest BCUT2D eigenvalue weighted by Gasteiger charge is 2.38. The zero-order chi connectivity index (χ0) is 22.1. The summed E-state index contributed by atoms with van der Waals surface area (Å²) in [6.45, 7) is 1.98. The van der Waals surface area contributed by atoms with Crippen LogP contribution in [0, 0.1) is 5.92 Å². The number of halogens is 1. The molecule has 0 aliphatic heterocycles. The monoisotopic (exact) mass is 474 g/mol. The van der Waals surface area contributed by atoms with Crippen LogP contribution in [-0.2, 0) is 38.1 Å². The molecule has 0 fully saturated rings. The van der Waals surface area contributed by atoms with Gasteiger partial charge in [0, 0.05) is 11.1 Å². The summed E-state index contributed by atoms with van der Waals surface area (Å²) in [5.41, 5.74) is 0.425. The number of hydrogen-bond acceptors (Lipinski definition) is 8. The van der Waals surface area contributed by atoms with E-state index in [0.29, 0.717) is 6.42 Å². The van der Waals surface area contributed by atoms with E-state index in [4.69, 9.17) is 18.9 Å². The minimum Gasteiger partial charge on any atom is -0.466 e. The molecular formula is C20H27BrO8. The van der Waals surface area contributed by atoms with Crippen LogP contribution < -0.4 is 0 Å². The number of carbonyl (C=O) groups excluding carboxylic acids is 4. The molecule has 29 heavy (non-hydrogen) atoms. The van der Waals surface area contributed by atoms with E-state index in [1.807, 2.05) is 6.92 Å². The Balaban J connectivity index is 3.77. The summed E-state index contributed by atoms with van der Waals surface area (Å²) >= 11 is 3.37. The maximum Gasteiger partial charge on any atom is 0.335 e. The molecule has 1 aliphatic carbocycles. The lowest BCUT2D eigenvalue weighted by Crippen LogP contribution is -2.30. The van der Waals surface area contributed by atoms with Crippen LogP contribution in [0.15, 0.2) is 22.3 Å². The first-order valence-electron chi connectivity index (χ1n) is 9.20. The highest BCUT2D eigenvalue weighted by atomic mass is 79.9. The van der Waals surface area contributed by atoms with Gasteiger partial charge in [-0.15, -0.1) is 0 Å². The zero-order valence-electron chi connectivity index (χ0n) is 17.3. The Morgan fingerprint density at radius 1 is 0.793 bits per heavy atom. The predicted molar refractivity (Wildman–Crippen MR) is 107 cm³/mol. The molecule has 2 atom stereocenters. The van der Waals surface area contributed by atoms with Gasteiger partial charge in [-0.05, 0) is 25.2 Å². The number of alkyl halides is 1. The quantitative estimate of drug-likeness (QED) is 0.315. The number of carbonyl (C=O) groups is 4. The van der Waals surface area contributed by atoms with Gasteiger partial charge in [0.1, 0.15) is 0 Å². The van der Waals surface area contributed by atoms with E-state index in [1.54, 1.807) is 0 Å². The van der Waals surface area contributed by atoms with Crippen molar-refractivity contribution in [2.75, 3.05) is 28.4 Å². The maximum absolute atomic E-state index is 12.6. The maximum atomic E-state index is 12.6. The van der Waals surface area contributed by atoms with Gasteiger partial charge < -0.3 is 18.9 Å². The van der Waals surface area contributed by atoms with Crippen molar-refractivity contribution in [2.45, 2.75) is 43.9 Å². The average molecular weight is 475 g/mol. The largest absolute Gasteiger partial charge is 0.466 e. The fourth-order valence-electron chi connectivity index (χ4n) is 3.38. The lowest BCUT2D eigenvalue weighted by molar-refractivity contribution is -0.141. The van der Waals surface area contributed by atoms with Crippen LogP contribution in [0.3, 0.4) is 0 Å². The summed E-state index contributed by atoms with van der Waals surface area (Å²) in [7, 11) is 4.85. The van der Waals surface area contributed by atoms with Crippen LogP contribution in [0.25, 0.3) is 0 Å². The first-order chi connectivity index (χ1) is 13.8. The van der Waals surface area contributed by atoms with Crippen LogP contribution >= 0.6 is 15.9 Å². The molecule has 8 nitrogen and oxygen atoms in total. The van der Waals surface area contributed by atoms with Gasteiger partial charge in [-0.1, -0.05) is 35.7 Å². The minimum atomic E-state index is -0.773. The minimum absolute atomic E-state index is 0.0180. The molecular weight excluding hydrogens is 448 g/mol. The number of hydrogen-bond donors (Lipinski definition) is 0. The Hall–Kier alpha value is -2.16. The van der Waals surface area contributed by atoms with Crippen molar-refractivity contribution < 1.29 is 38.1 Å². The van der Waals surface area contributed by atoms with E-state index < -0.39 is 34.6 Å².